The molecule has 2 aliphatic rings. The van der Waals surface area contributed by atoms with E-state index in [-0.39, 0.29) is 24.0 Å². The smallest absolute Gasteiger partial charge is 0.191 e. The molecule has 4 rings (SSSR count). The molecule has 0 spiro atoms. The first kappa shape index (κ1) is 21.0. The molecule has 28 heavy (non-hydrogen) atoms. The Labute approximate surface area is 185 Å². The maximum atomic E-state index is 4.46. The van der Waals surface area contributed by atoms with Gasteiger partial charge in [0.25, 0.3) is 0 Å². The summed E-state index contributed by atoms with van der Waals surface area (Å²) in [5.74, 6) is 1.69. The van der Waals surface area contributed by atoms with Crippen molar-refractivity contribution in [3.63, 3.8) is 0 Å². The SMILES string of the molecule is CN=C(NC1CCN(c2ccccc2)CC1)NC1CC1Cc1ccccc1.I. The summed E-state index contributed by atoms with van der Waals surface area (Å²) in [5.41, 5.74) is 2.77. The molecule has 2 fully saturated rings. The van der Waals surface area contributed by atoms with Crippen LogP contribution in [0.5, 0.6) is 0 Å². The molecule has 2 atom stereocenters. The number of nitrogens with one attached hydrogen (secondary N) is 2. The van der Waals surface area contributed by atoms with Gasteiger partial charge in [-0.3, -0.25) is 4.99 Å². The zero-order valence-electron chi connectivity index (χ0n) is 16.6. The third-order valence-corrected chi connectivity index (χ3v) is 5.77. The predicted molar refractivity (Wildman–Crippen MR) is 129 cm³/mol. The summed E-state index contributed by atoms with van der Waals surface area (Å²) in [6, 6.07) is 22.6. The lowest BCUT2D eigenvalue weighted by Gasteiger charge is -2.34. The van der Waals surface area contributed by atoms with Crippen molar-refractivity contribution in [1.82, 2.24) is 10.6 Å². The van der Waals surface area contributed by atoms with Gasteiger partial charge in [0.15, 0.2) is 5.96 Å². The summed E-state index contributed by atoms with van der Waals surface area (Å²) in [6.45, 7) is 2.19. The van der Waals surface area contributed by atoms with Crippen LogP contribution in [0.15, 0.2) is 65.7 Å². The van der Waals surface area contributed by atoms with Gasteiger partial charge in [0.1, 0.15) is 0 Å². The highest BCUT2D eigenvalue weighted by Gasteiger charge is 2.37. The molecule has 0 bridgehead atoms. The number of rotatable bonds is 5. The Bertz CT molecular complexity index is 742. The van der Waals surface area contributed by atoms with Crippen molar-refractivity contribution in [2.45, 2.75) is 37.8 Å². The molecule has 0 amide bonds. The first-order chi connectivity index (χ1) is 13.3. The van der Waals surface area contributed by atoms with E-state index in [1.165, 1.54) is 17.7 Å². The fraction of sp³-hybridized carbons (Fsp3) is 0.435. The monoisotopic (exact) mass is 490 g/mol. The molecule has 1 saturated carbocycles. The normalized spacial score (nSPS) is 22.3. The number of benzene rings is 2. The summed E-state index contributed by atoms with van der Waals surface area (Å²) < 4.78 is 0. The Morgan fingerprint density at radius 3 is 2.25 bits per heavy atom. The van der Waals surface area contributed by atoms with Crippen molar-refractivity contribution in [2.24, 2.45) is 10.9 Å². The highest BCUT2D eigenvalue weighted by Crippen LogP contribution is 2.33. The number of para-hydroxylation sites is 1. The number of anilines is 1. The van der Waals surface area contributed by atoms with Crippen LogP contribution >= 0.6 is 24.0 Å². The summed E-state index contributed by atoms with van der Waals surface area (Å²) in [6.07, 6.45) is 4.69. The number of halogens is 1. The molecule has 1 aliphatic carbocycles. The van der Waals surface area contributed by atoms with E-state index in [1.807, 2.05) is 7.05 Å². The second kappa shape index (κ2) is 10.1. The highest BCUT2D eigenvalue weighted by molar-refractivity contribution is 14.0. The minimum Gasteiger partial charge on any atom is -0.371 e. The molecule has 2 N–H and O–H groups in total. The minimum absolute atomic E-state index is 0. The molecule has 1 saturated heterocycles. The first-order valence-electron chi connectivity index (χ1n) is 10.2. The third kappa shape index (κ3) is 5.63. The van der Waals surface area contributed by atoms with Gasteiger partial charge in [0.2, 0.25) is 0 Å². The second-order valence-corrected chi connectivity index (χ2v) is 7.75. The average molecular weight is 490 g/mol. The van der Waals surface area contributed by atoms with E-state index in [0.717, 1.165) is 44.2 Å². The van der Waals surface area contributed by atoms with Crippen LogP contribution in [0, 0.1) is 5.92 Å². The summed E-state index contributed by atoms with van der Waals surface area (Å²) in [4.78, 5) is 6.94. The molecule has 150 valence electrons. The summed E-state index contributed by atoms with van der Waals surface area (Å²) >= 11 is 0. The summed E-state index contributed by atoms with van der Waals surface area (Å²) in [5, 5.41) is 7.27. The molecule has 2 unspecified atom stereocenters. The van der Waals surface area contributed by atoms with Crippen molar-refractivity contribution < 1.29 is 0 Å². The molecule has 2 aromatic carbocycles. The standard InChI is InChI=1S/C23H30N4.HI/c1-24-23(26-22-17-19(22)16-18-8-4-2-5-9-18)25-20-12-14-27(15-13-20)21-10-6-3-7-11-21;/h2-11,19-20,22H,12-17H2,1H3,(H2,24,25,26);1H. The quantitative estimate of drug-likeness (QED) is 0.377. The number of hydrogen-bond acceptors (Lipinski definition) is 2. The van der Waals surface area contributed by atoms with Gasteiger partial charge in [-0.2, -0.15) is 0 Å². The maximum absolute atomic E-state index is 4.46. The maximum Gasteiger partial charge on any atom is 0.191 e. The molecule has 5 heteroatoms. The molecule has 2 aromatic rings. The van der Waals surface area contributed by atoms with Crippen LogP contribution in [0.4, 0.5) is 5.69 Å². The first-order valence-corrected chi connectivity index (χ1v) is 10.2. The van der Waals surface area contributed by atoms with E-state index in [2.05, 4.69) is 81.2 Å². The number of aliphatic imine (C=N–C) groups is 1. The van der Waals surface area contributed by atoms with Crippen LogP contribution < -0.4 is 15.5 Å². The van der Waals surface area contributed by atoms with Crippen LogP contribution in [0.1, 0.15) is 24.8 Å². The second-order valence-electron chi connectivity index (χ2n) is 7.75. The lowest BCUT2D eigenvalue weighted by atomic mass is 10.0. The fourth-order valence-corrected chi connectivity index (χ4v) is 4.03. The molecule has 0 radical (unpaired) electrons. The van der Waals surface area contributed by atoms with Gasteiger partial charge in [0, 0.05) is 37.9 Å². The largest absolute Gasteiger partial charge is 0.371 e. The number of nitrogens with zero attached hydrogens (tertiary/aromatic N) is 2. The van der Waals surface area contributed by atoms with Crippen LogP contribution in [-0.4, -0.2) is 38.2 Å². The minimum atomic E-state index is 0. The van der Waals surface area contributed by atoms with Crippen molar-refractivity contribution in [1.29, 1.82) is 0 Å². The molecule has 1 aliphatic heterocycles. The van der Waals surface area contributed by atoms with Gasteiger partial charge in [-0.05, 0) is 49.3 Å². The summed E-state index contributed by atoms with van der Waals surface area (Å²) in [7, 11) is 1.88. The van der Waals surface area contributed by atoms with Crippen LogP contribution in [0.2, 0.25) is 0 Å². The molecule has 0 aromatic heterocycles. The molecular weight excluding hydrogens is 459 g/mol. The highest BCUT2D eigenvalue weighted by atomic mass is 127. The van der Waals surface area contributed by atoms with Crippen molar-refractivity contribution in [3.05, 3.63) is 66.2 Å². The van der Waals surface area contributed by atoms with Gasteiger partial charge in [-0.15, -0.1) is 24.0 Å². The predicted octanol–water partition coefficient (Wildman–Crippen LogP) is 4.07. The zero-order valence-corrected chi connectivity index (χ0v) is 18.9. The van der Waals surface area contributed by atoms with Gasteiger partial charge in [-0.1, -0.05) is 48.5 Å². The fourth-order valence-electron chi connectivity index (χ4n) is 4.03. The molecule has 4 nitrogen and oxygen atoms in total. The Hall–Kier alpha value is -1.76. The van der Waals surface area contributed by atoms with E-state index >= 15 is 0 Å². The number of hydrogen-bond donors (Lipinski definition) is 2. The van der Waals surface area contributed by atoms with Crippen molar-refractivity contribution in [3.8, 4) is 0 Å². The van der Waals surface area contributed by atoms with Crippen molar-refractivity contribution >= 4 is 35.6 Å². The Kier molecular flexibility index (Phi) is 7.59. The van der Waals surface area contributed by atoms with Gasteiger partial charge in [0.05, 0.1) is 0 Å². The van der Waals surface area contributed by atoms with Gasteiger partial charge >= 0.3 is 0 Å². The Morgan fingerprint density at radius 2 is 1.61 bits per heavy atom. The lowest BCUT2D eigenvalue weighted by molar-refractivity contribution is 0.461. The lowest BCUT2D eigenvalue weighted by Crippen LogP contribution is -2.49. The Morgan fingerprint density at radius 1 is 0.964 bits per heavy atom. The molecular formula is C23H31IN4. The van der Waals surface area contributed by atoms with E-state index < -0.39 is 0 Å². The van der Waals surface area contributed by atoms with Crippen molar-refractivity contribution in [2.75, 3.05) is 25.0 Å². The topological polar surface area (TPSA) is 39.7 Å². The van der Waals surface area contributed by atoms with Crippen LogP contribution in [0.3, 0.4) is 0 Å². The van der Waals surface area contributed by atoms with E-state index in [1.54, 1.807) is 0 Å². The van der Waals surface area contributed by atoms with E-state index in [0.29, 0.717) is 12.1 Å². The van der Waals surface area contributed by atoms with Gasteiger partial charge < -0.3 is 15.5 Å². The number of piperidine rings is 1. The number of guanidine groups is 1. The van der Waals surface area contributed by atoms with E-state index in [4.69, 9.17) is 0 Å². The zero-order chi connectivity index (χ0) is 18.5. The Balaban J connectivity index is 0.00000225. The average Bonchev–Trinajstić information content (AvgIpc) is 3.46. The van der Waals surface area contributed by atoms with Gasteiger partial charge in [-0.25, -0.2) is 0 Å². The van der Waals surface area contributed by atoms with Crippen LogP contribution in [0.25, 0.3) is 0 Å². The van der Waals surface area contributed by atoms with E-state index in [9.17, 15) is 0 Å². The molecule has 1 heterocycles. The van der Waals surface area contributed by atoms with Crippen LogP contribution in [-0.2, 0) is 6.42 Å². The third-order valence-electron chi connectivity index (χ3n) is 5.77.